The zero-order valence-corrected chi connectivity index (χ0v) is 53.2. The molecule has 0 rings (SSSR count). The van der Waals surface area contributed by atoms with E-state index in [1.165, 1.54) is 109 Å². The highest BCUT2D eigenvalue weighted by Crippen LogP contribution is 2.45. The number of phosphoric ester groups is 2. The van der Waals surface area contributed by atoms with Gasteiger partial charge in [0.25, 0.3) is 0 Å². The van der Waals surface area contributed by atoms with Gasteiger partial charge in [-0.2, -0.15) is 0 Å². The molecule has 3 unspecified atom stereocenters. The molecule has 474 valence electrons. The minimum atomic E-state index is -4.94. The highest BCUT2D eigenvalue weighted by atomic mass is 31.2. The fourth-order valence-corrected chi connectivity index (χ4v) is 10.5. The summed E-state index contributed by atoms with van der Waals surface area (Å²) in [6.07, 6.45) is 35.2. The average Bonchev–Trinajstić information content (AvgIpc) is 3.42. The standard InChI is InChI=1S/C61H118O17P2/c1-7-10-12-14-15-16-18-22-25-32-38-44-59(64)72-50-57(77-60(65)45-39-33-26-23-20-17-19-21-24-30-35-41-53(4)5)52-76-80(69,70)74-48-55(62)47-73-79(67,68)75-51-56(49-71-58(63)43-37-29-13-11-8-2)78-61(66)46-40-34-28-27-31-36-42-54(6)9-3/h53-57,62H,7-52H2,1-6H3,(H,67,68)(H,69,70)/t54?,55-,56+,57+/m0/s1. The van der Waals surface area contributed by atoms with Crippen LogP contribution in [0.4, 0.5) is 0 Å². The molecule has 0 fully saturated rings. The smallest absolute Gasteiger partial charge is 0.462 e. The van der Waals surface area contributed by atoms with E-state index in [2.05, 4.69) is 41.5 Å². The van der Waals surface area contributed by atoms with E-state index in [0.29, 0.717) is 25.7 Å². The summed E-state index contributed by atoms with van der Waals surface area (Å²) in [6.45, 7) is 9.33. The van der Waals surface area contributed by atoms with E-state index in [1.54, 1.807) is 0 Å². The molecule has 0 aromatic heterocycles. The van der Waals surface area contributed by atoms with Crippen LogP contribution >= 0.6 is 15.6 Å². The molecule has 0 aromatic rings. The lowest BCUT2D eigenvalue weighted by Gasteiger charge is -2.21. The van der Waals surface area contributed by atoms with Crippen molar-refractivity contribution in [3.05, 3.63) is 0 Å². The van der Waals surface area contributed by atoms with Crippen molar-refractivity contribution in [3.63, 3.8) is 0 Å². The number of aliphatic hydroxyl groups excluding tert-OH is 1. The number of rotatable bonds is 60. The maximum Gasteiger partial charge on any atom is 0.472 e. The lowest BCUT2D eigenvalue weighted by Crippen LogP contribution is -2.30. The molecule has 0 heterocycles. The summed E-state index contributed by atoms with van der Waals surface area (Å²) in [5, 5.41) is 10.5. The van der Waals surface area contributed by atoms with Crippen molar-refractivity contribution >= 4 is 39.5 Å². The van der Waals surface area contributed by atoms with E-state index in [-0.39, 0.29) is 25.7 Å². The van der Waals surface area contributed by atoms with Crippen LogP contribution in [0, 0.1) is 11.8 Å². The van der Waals surface area contributed by atoms with Crippen LogP contribution in [0.25, 0.3) is 0 Å². The molecule has 17 nitrogen and oxygen atoms in total. The molecule has 0 spiro atoms. The first-order valence-corrected chi connectivity index (χ1v) is 35.0. The Kier molecular flexibility index (Phi) is 52.5. The van der Waals surface area contributed by atoms with Gasteiger partial charge in [-0.1, -0.05) is 247 Å². The van der Waals surface area contributed by atoms with Crippen LogP contribution in [0.3, 0.4) is 0 Å². The van der Waals surface area contributed by atoms with Crippen molar-refractivity contribution in [1.29, 1.82) is 0 Å². The van der Waals surface area contributed by atoms with Crippen molar-refractivity contribution in [3.8, 4) is 0 Å². The Hall–Kier alpha value is -1.94. The number of hydrogen-bond acceptors (Lipinski definition) is 15. The van der Waals surface area contributed by atoms with Gasteiger partial charge in [-0.3, -0.25) is 37.3 Å². The van der Waals surface area contributed by atoms with E-state index in [4.69, 9.17) is 37.0 Å². The first-order chi connectivity index (χ1) is 38.4. The van der Waals surface area contributed by atoms with Gasteiger partial charge >= 0.3 is 39.5 Å². The summed E-state index contributed by atoms with van der Waals surface area (Å²) in [4.78, 5) is 71.8. The summed E-state index contributed by atoms with van der Waals surface area (Å²) in [5.74, 6) is -0.664. The first-order valence-electron chi connectivity index (χ1n) is 32.0. The fraction of sp³-hybridized carbons (Fsp3) is 0.934. The highest BCUT2D eigenvalue weighted by molar-refractivity contribution is 7.47. The number of hydrogen-bond donors (Lipinski definition) is 3. The molecule has 0 radical (unpaired) electrons. The molecule has 19 heteroatoms. The molecule has 0 amide bonds. The maximum atomic E-state index is 12.9. The Morgan fingerprint density at radius 1 is 0.362 bits per heavy atom. The van der Waals surface area contributed by atoms with Crippen molar-refractivity contribution < 1.29 is 80.2 Å². The second-order valence-corrected chi connectivity index (χ2v) is 25.7. The van der Waals surface area contributed by atoms with E-state index in [0.717, 1.165) is 108 Å². The van der Waals surface area contributed by atoms with Crippen molar-refractivity contribution in [2.45, 2.75) is 317 Å². The third kappa shape index (κ3) is 54.0. The molecule has 3 N–H and O–H groups in total. The molecule has 0 aliphatic carbocycles. The van der Waals surface area contributed by atoms with Gasteiger partial charge in [0.05, 0.1) is 26.4 Å². The van der Waals surface area contributed by atoms with Gasteiger partial charge in [0.1, 0.15) is 19.3 Å². The van der Waals surface area contributed by atoms with Crippen molar-refractivity contribution in [2.24, 2.45) is 11.8 Å². The molecule has 0 saturated carbocycles. The lowest BCUT2D eigenvalue weighted by molar-refractivity contribution is -0.161. The Morgan fingerprint density at radius 2 is 0.637 bits per heavy atom. The highest BCUT2D eigenvalue weighted by Gasteiger charge is 2.30. The number of unbranched alkanes of at least 4 members (excludes halogenated alkanes) is 29. The van der Waals surface area contributed by atoms with Gasteiger partial charge in [-0.05, 0) is 37.5 Å². The Balaban J connectivity index is 5.19. The molecule has 0 aliphatic heterocycles. The second kappa shape index (κ2) is 53.8. The zero-order valence-electron chi connectivity index (χ0n) is 51.4. The van der Waals surface area contributed by atoms with Crippen LogP contribution in [-0.4, -0.2) is 96.7 Å². The summed E-state index contributed by atoms with van der Waals surface area (Å²) in [7, 11) is -9.87. The predicted molar refractivity (Wildman–Crippen MR) is 317 cm³/mol. The van der Waals surface area contributed by atoms with Crippen LogP contribution < -0.4 is 0 Å². The molecule has 0 bridgehead atoms. The normalized spacial score (nSPS) is 14.7. The zero-order chi connectivity index (χ0) is 59.4. The first kappa shape index (κ1) is 78.1. The van der Waals surface area contributed by atoms with Gasteiger partial charge in [0, 0.05) is 25.7 Å². The minimum Gasteiger partial charge on any atom is -0.462 e. The van der Waals surface area contributed by atoms with Crippen LogP contribution in [0.2, 0.25) is 0 Å². The molecule has 0 aromatic carbocycles. The lowest BCUT2D eigenvalue weighted by atomic mass is 10.00. The number of carbonyl (C=O) groups excluding carboxylic acids is 4. The molecular weight excluding hydrogens is 1070 g/mol. The third-order valence-electron chi connectivity index (χ3n) is 14.3. The Labute approximate surface area is 486 Å². The van der Waals surface area contributed by atoms with Crippen molar-refractivity contribution in [2.75, 3.05) is 39.6 Å². The minimum absolute atomic E-state index is 0.102. The van der Waals surface area contributed by atoms with Crippen LogP contribution in [0.1, 0.15) is 298 Å². The fourth-order valence-electron chi connectivity index (χ4n) is 8.97. The van der Waals surface area contributed by atoms with E-state index >= 15 is 0 Å². The quantitative estimate of drug-likeness (QED) is 0.0222. The van der Waals surface area contributed by atoms with E-state index < -0.39 is 97.5 Å². The number of esters is 4. The molecule has 80 heavy (non-hydrogen) atoms. The summed E-state index contributed by atoms with van der Waals surface area (Å²) >= 11 is 0. The Bertz CT molecular complexity index is 1580. The van der Waals surface area contributed by atoms with Gasteiger partial charge in [-0.15, -0.1) is 0 Å². The summed E-state index contributed by atoms with van der Waals surface area (Å²) in [5.41, 5.74) is 0. The molecular formula is C61H118O17P2. The van der Waals surface area contributed by atoms with E-state index in [1.807, 2.05) is 0 Å². The topological polar surface area (TPSA) is 237 Å². The van der Waals surface area contributed by atoms with Crippen LogP contribution in [0.15, 0.2) is 0 Å². The van der Waals surface area contributed by atoms with Gasteiger partial charge in [-0.25, -0.2) is 9.13 Å². The monoisotopic (exact) mass is 1180 g/mol. The molecule has 6 atom stereocenters. The van der Waals surface area contributed by atoms with Crippen LogP contribution in [-0.2, 0) is 65.4 Å². The predicted octanol–water partition coefficient (Wildman–Crippen LogP) is 16.5. The SMILES string of the molecule is CCCCCCCCCCCCCC(=O)OC[C@H](COP(=O)(O)OC[C@@H](O)COP(=O)(O)OC[C@@H](COC(=O)CCCCCCC)OC(=O)CCCCCCCCC(C)CC)OC(=O)CCCCCCCCCCCCCC(C)C. The number of phosphoric acid groups is 2. The third-order valence-corrected chi connectivity index (χ3v) is 16.2. The number of carbonyl (C=O) groups is 4. The summed E-state index contributed by atoms with van der Waals surface area (Å²) in [6, 6.07) is 0. The summed E-state index contributed by atoms with van der Waals surface area (Å²) < 4.78 is 67.7. The maximum absolute atomic E-state index is 12.9. The van der Waals surface area contributed by atoms with E-state index in [9.17, 15) is 43.2 Å². The Morgan fingerprint density at radius 3 is 0.950 bits per heavy atom. The largest absolute Gasteiger partial charge is 0.472 e. The average molecular weight is 1190 g/mol. The molecule has 0 saturated heterocycles. The number of ether oxygens (including phenoxy) is 4. The van der Waals surface area contributed by atoms with Gasteiger partial charge in [0.15, 0.2) is 12.2 Å². The second-order valence-electron chi connectivity index (χ2n) is 22.8. The van der Waals surface area contributed by atoms with Gasteiger partial charge < -0.3 is 33.8 Å². The van der Waals surface area contributed by atoms with Crippen LogP contribution in [0.5, 0.6) is 0 Å². The van der Waals surface area contributed by atoms with Gasteiger partial charge in [0.2, 0.25) is 0 Å². The number of aliphatic hydroxyl groups is 1. The van der Waals surface area contributed by atoms with Crippen molar-refractivity contribution in [1.82, 2.24) is 0 Å². The molecule has 0 aliphatic rings.